The van der Waals surface area contributed by atoms with Crippen molar-refractivity contribution in [2.75, 3.05) is 0 Å². The molecule has 6 aromatic heterocycles. The van der Waals surface area contributed by atoms with Crippen molar-refractivity contribution in [3.63, 3.8) is 0 Å². The number of furan rings is 4. The van der Waals surface area contributed by atoms with Crippen molar-refractivity contribution in [2.24, 2.45) is 0 Å². The van der Waals surface area contributed by atoms with Crippen molar-refractivity contribution in [1.29, 1.82) is 0 Å². The first-order valence-electron chi connectivity index (χ1n) is 19.9. The summed E-state index contributed by atoms with van der Waals surface area (Å²) >= 11 is 3.66. The minimum atomic E-state index is 0.862. The molecule has 0 amide bonds. The number of hydrogen-bond acceptors (Lipinski definition) is 6. The Morgan fingerprint density at radius 1 is 0.233 bits per heavy atom. The van der Waals surface area contributed by atoms with Crippen LogP contribution in [0.1, 0.15) is 0 Å². The van der Waals surface area contributed by atoms with Gasteiger partial charge in [0.2, 0.25) is 0 Å². The van der Waals surface area contributed by atoms with Crippen LogP contribution < -0.4 is 0 Å². The topological polar surface area (TPSA) is 52.6 Å². The van der Waals surface area contributed by atoms with Crippen LogP contribution in [0.25, 0.3) is 140 Å². The summed E-state index contributed by atoms with van der Waals surface area (Å²) in [6.07, 6.45) is 0. The fraction of sp³-hybridized carbons (Fsp3) is 0. The standard InChI is InChI=1S/C54H28O4S2/c1-3-7-29(8-4-1)31-11-15-43-35(19-31)39-23-49-41(25-47(39)55-43)37-21-33(13-17-45(37)57-49)51-27-53-54(59-51)28-52(60-53)34-14-18-46-38(22-34)42-26-48-40(24-50(42)58-46)36-20-32(12-16-44(36)56-48)30-9-5-2-6-10-30/h1-28H. The Morgan fingerprint density at radius 2 is 0.533 bits per heavy atom. The predicted octanol–water partition coefficient (Wildman–Crippen LogP) is 17.2. The van der Waals surface area contributed by atoms with E-state index >= 15 is 0 Å². The lowest BCUT2D eigenvalue weighted by molar-refractivity contribution is 0.664. The Labute approximate surface area is 348 Å². The van der Waals surface area contributed by atoms with Gasteiger partial charge in [0.25, 0.3) is 0 Å². The molecule has 0 aliphatic heterocycles. The van der Waals surface area contributed by atoms with Gasteiger partial charge in [-0.3, -0.25) is 0 Å². The highest BCUT2D eigenvalue weighted by atomic mass is 32.1. The zero-order valence-electron chi connectivity index (χ0n) is 31.6. The summed E-state index contributed by atoms with van der Waals surface area (Å²) in [6, 6.07) is 60.0. The molecule has 0 radical (unpaired) electrons. The minimum absolute atomic E-state index is 0.862. The van der Waals surface area contributed by atoms with Gasteiger partial charge in [-0.1, -0.05) is 72.8 Å². The Bertz CT molecular complexity index is 3770. The average Bonchev–Trinajstić information content (AvgIpc) is 4.15. The van der Waals surface area contributed by atoms with Gasteiger partial charge in [-0.25, -0.2) is 0 Å². The van der Waals surface area contributed by atoms with Gasteiger partial charge in [-0.2, -0.15) is 0 Å². The second-order valence-electron chi connectivity index (χ2n) is 15.6. The SMILES string of the molecule is c1ccc(-c2ccc3oc4cc5c(cc4c3c2)oc2ccc(-c3cc4sc(-c6ccc7oc8cc9c(cc8c7c6)oc6ccc(-c7ccccc7)cc69)cc4s3)cc25)cc1. The van der Waals surface area contributed by atoms with Gasteiger partial charge in [-0.15, -0.1) is 22.7 Å². The number of benzene rings is 8. The lowest BCUT2D eigenvalue weighted by Crippen LogP contribution is -1.76. The molecule has 8 aromatic carbocycles. The van der Waals surface area contributed by atoms with Crippen molar-refractivity contribution in [2.45, 2.75) is 0 Å². The monoisotopic (exact) mass is 804 g/mol. The molecule has 0 saturated carbocycles. The summed E-state index contributed by atoms with van der Waals surface area (Å²) in [5.41, 5.74) is 14.0. The quantitative estimate of drug-likeness (QED) is 0.178. The Kier molecular flexibility index (Phi) is 6.56. The van der Waals surface area contributed by atoms with Crippen LogP contribution in [0.15, 0.2) is 188 Å². The summed E-state index contributed by atoms with van der Waals surface area (Å²) in [4.78, 5) is 2.47. The van der Waals surface area contributed by atoms with E-state index in [1.54, 1.807) is 0 Å². The highest BCUT2D eigenvalue weighted by Crippen LogP contribution is 2.46. The van der Waals surface area contributed by atoms with Crippen LogP contribution in [0.2, 0.25) is 0 Å². The number of fused-ring (bicyclic) bond motifs is 13. The van der Waals surface area contributed by atoms with E-state index in [0.29, 0.717) is 0 Å². The number of hydrogen-bond donors (Lipinski definition) is 0. The van der Waals surface area contributed by atoms with E-state index in [-0.39, 0.29) is 0 Å². The largest absolute Gasteiger partial charge is 0.456 e. The number of thiophene rings is 2. The smallest absolute Gasteiger partial charge is 0.136 e. The van der Waals surface area contributed by atoms with Crippen LogP contribution in [0.4, 0.5) is 0 Å². The molecule has 0 aliphatic rings. The molecular weight excluding hydrogens is 777 g/mol. The van der Waals surface area contributed by atoms with E-state index in [9.17, 15) is 0 Å². The van der Waals surface area contributed by atoms with Gasteiger partial charge < -0.3 is 17.7 Å². The van der Waals surface area contributed by atoms with E-state index in [0.717, 1.165) is 87.8 Å². The maximum atomic E-state index is 6.45. The molecule has 0 N–H and O–H groups in total. The Hall–Kier alpha value is -7.38. The fourth-order valence-corrected chi connectivity index (χ4v) is 11.5. The third kappa shape index (κ3) is 4.83. The molecule has 14 rings (SSSR count). The molecule has 280 valence electrons. The summed E-state index contributed by atoms with van der Waals surface area (Å²) in [6.45, 7) is 0. The molecule has 0 unspecified atom stereocenters. The van der Waals surface area contributed by atoms with Crippen molar-refractivity contribution in [3.8, 4) is 43.1 Å². The van der Waals surface area contributed by atoms with Crippen LogP contribution in [-0.2, 0) is 0 Å². The molecule has 0 saturated heterocycles. The van der Waals surface area contributed by atoms with Crippen LogP contribution >= 0.6 is 22.7 Å². The van der Waals surface area contributed by atoms with E-state index in [1.165, 1.54) is 52.5 Å². The number of rotatable bonds is 4. The predicted molar refractivity (Wildman–Crippen MR) is 251 cm³/mol. The first-order valence-corrected chi connectivity index (χ1v) is 21.6. The summed E-state index contributed by atoms with van der Waals surface area (Å²) in [5, 5.41) is 8.59. The summed E-state index contributed by atoms with van der Waals surface area (Å²) in [5.74, 6) is 0. The molecule has 6 heterocycles. The first-order chi connectivity index (χ1) is 29.6. The molecule has 6 heteroatoms. The van der Waals surface area contributed by atoms with Crippen LogP contribution in [0, 0.1) is 0 Å². The van der Waals surface area contributed by atoms with Crippen LogP contribution in [0.3, 0.4) is 0 Å². The van der Waals surface area contributed by atoms with Gasteiger partial charge in [-0.05, 0) is 130 Å². The van der Waals surface area contributed by atoms with Crippen molar-refractivity contribution in [3.05, 3.63) is 170 Å². The Morgan fingerprint density at radius 3 is 0.883 bits per heavy atom. The molecule has 14 aromatic rings. The van der Waals surface area contributed by atoms with Gasteiger partial charge in [0, 0.05) is 62.2 Å². The van der Waals surface area contributed by atoms with Crippen LogP contribution in [0.5, 0.6) is 0 Å². The van der Waals surface area contributed by atoms with Crippen molar-refractivity contribution < 1.29 is 17.7 Å². The fourth-order valence-electron chi connectivity index (χ4n) is 9.14. The van der Waals surface area contributed by atoms with E-state index in [2.05, 4.69) is 158 Å². The molecular formula is C54H28O4S2. The molecule has 0 aliphatic carbocycles. The van der Waals surface area contributed by atoms with Crippen molar-refractivity contribution in [1.82, 2.24) is 0 Å². The second kappa shape index (κ2) is 12.1. The third-order valence-corrected chi connectivity index (χ3v) is 14.5. The lowest BCUT2D eigenvalue weighted by atomic mass is 10.0. The Balaban J connectivity index is 0.804. The van der Waals surface area contributed by atoms with Crippen LogP contribution in [-0.4, -0.2) is 0 Å². The first kappa shape index (κ1) is 32.6. The van der Waals surface area contributed by atoms with Gasteiger partial charge in [0.15, 0.2) is 0 Å². The highest BCUT2D eigenvalue weighted by Gasteiger charge is 2.19. The van der Waals surface area contributed by atoms with Crippen molar-refractivity contribution >= 4 is 120 Å². The summed E-state index contributed by atoms with van der Waals surface area (Å²) < 4.78 is 28.2. The van der Waals surface area contributed by atoms with Gasteiger partial charge in [0.05, 0.1) is 0 Å². The molecule has 4 nitrogen and oxygen atoms in total. The average molecular weight is 805 g/mol. The molecule has 60 heavy (non-hydrogen) atoms. The maximum Gasteiger partial charge on any atom is 0.136 e. The molecule has 0 atom stereocenters. The minimum Gasteiger partial charge on any atom is -0.456 e. The normalized spacial score (nSPS) is 12.3. The molecule has 0 bridgehead atoms. The maximum absolute atomic E-state index is 6.45. The van der Waals surface area contributed by atoms with E-state index in [1.807, 2.05) is 34.8 Å². The highest BCUT2D eigenvalue weighted by molar-refractivity contribution is 7.31. The second-order valence-corrected chi connectivity index (χ2v) is 17.8. The van der Waals surface area contributed by atoms with E-state index < -0.39 is 0 Å². The zero-order valence-corrected chi connectivity index (χ0v) is 33.2. The third-order valence-electron chi connectivity index (χ3n) is 12.1. The zero-order chi connectivity index (χ0) is 39.1. The van der Waals surface area contributed by atoms with E-state index in [4.69, 9.17) is 17.7 Å². The lowest BCUT2D eigenvalue weighted by Gasteiger charge is -2.01. The van der Waals surface area contributed by atoms with Gasteiger partial charge >= 0.3 is 0 Å². The summed E-state index contributed by atoms with van der Waals surface area (Å²) in [7, 11) is 0. The molecule has 0 fully saturated rings. The molecule has 0 spiro atoms. The van der Waals surface area contributed by atoms with Gasteiger partial charge in [0.1, 0.15) is 44.7 Å².